The lowest BCUT2D eigenvalue weighted by Crippen LogP contribution is -2.37. The Morgan fingerprint density at radius 3 is 2.48 bits per heavy atom. The van der Waals surface area contributed by atoms with Crippen LogP contribution in [0.25, 0.3) is 0 Å². The van der Waals surface area contributed by atoms with Gasteiger partial charge in [0.15, 0.2) is 0 Å². The first-order chi connectivity index (χ1) is 15.1. The summed E-state index contributed by atoms with van der Waals surface area (Å²) in [6.07, 6.45) is 0.527. The van der Waals surface area contributed by atoms with Crippen LogP contribution in [-0.4, -0.2) is 18.5 Å². The zero-order chi connectivity index (χ0) is 21.6. The smallest absolute Gasteiger partial charge is 0.323 e. The molecule has 0 spiro atoms. The fraction of sp³-hybridized carbons (Fsp3) is 0.167. The minimum absolute atomic E-state index is 0.0919. The Balaban J connectivity index is 1.36. The monoisotopic (exact) mass is 435 g/mol. The third-order valence-corrected chi connectivity index (χ3v) is 5.41. The predicted octanol–water partition coefficient (Wildman–Crippen LogP) is 4.85. The van der Waals surface area contributed by atoms with E-state index in [1.807, 2.05) is 60.7 Å². The Hall–Kier alpha value is -3.51. The van der Waals surface area contributed by atoms with Gasteiger partial charge in [0.05, 0.1) is 5.92 Å². The normalized spacial score (nSPS) is 14.7. The lowest BCUT2D eigenvalue weighted by Gasteiger charge is -2.25. The van der Waals surface area contributed by atoms with E-state index in [9.17, 15) is 9.59 Å². The van der Waals surface area contributed by atoms with Gasteiger partial charge < -0.3 is 20.7 Å². The number of para-hydroxylation sites is 1. The first kappa shape index (κ1) is 20.8. The summed E-state index contributed by atoms with van der Waals surface area (Å²) in [6.45, 7) is 0.672. The second-order valence-electron chi connectivity index (χ2n) is 7.29. The molecule has 6 nitrogen and oxygen atoms in total. The molecule has 1 aliphatic heterocycles. The van der Waals surface area contributed by atoms with Crippen LogP contribution in [0.15, 0.2) is 72.8 Å². The average Bonchev–Trinajstić information content (AvgIpc) is 2.78. The van der Waals surface area contributed by atoms with Crippen LogP contribution in [-0.2, 0) is 17.8 Å². The summed E-state index contributed by atoms with van der Waals surface area (Å²) in [5.74, 6) is 0.318. The van der Waals surface area contributed by atoms with Crippen molar-refractivity contribution in [1.29, 1.82) is 0 Å². The van der Waals surface area contributed by atoms with Crippen molar-refractivity contribution < 1.29 is 14.3 Å². The highest BCUT2D eigenvalue weighted by Crippen LogP contribution is 2.30. The van der Waals surface area contributed by atoms with Crippen LogP contribution in [0.2, 0.25) is 5.02 Å². The highest BCUT2D eigenvalue weighted by molar-refractivity contribution is 6.31. The molecule has 0 radical (unpaired) electrons. The fourth-order valence-corrected chi connectivity index (χ4v) is 3.63. The van der Waals surface area contributed by atoms with E-state index >= 15 is 0 Å². The zero-order valence-corrected chi connectivity index (χ0v) is 17.5. The summed E-state index contributed by atoms with van der Waals surface area (Å²) in [7, 11) is 0. The molecule has 0 unspecified atom stereocenters. The van der Waals surface area contributed by atoms with E-state index in [1.54, 1.807) is 12.1 Å². The summed E-state index contributed by atoms with van der Waals surface area (Å²) in [5, 5.41) is 9.15. The van der Waals surface area contributed by atoms with Crippen LogP contribution < -0.4 is 20.7 Å². The van der Waals surface area contributed by atoms with Gasteiger partial charge in [-0.3, -0.25) is 4.79 Å². The van der Waals surface area contributed by atoms with E-state index in [1.165, 1.54) is 0 Å². The van der Waals surface area contributed by atoms with Gasteiger partial charge in [-0.2, -0.15) is 0 Å². The lowest BCUT2D eigenvalue weighted by molar-refractivity contribution is -0.126. The van der Waals surface area contributed by atoms with Crippen molar-refractivity contribution in [2.24, 2.45) is 5.92 Å². The molecule has 7 heteroatoms. The molecule has 0 aromatic heterocycles. The maximum absolute atomic E-state index is 12.6. The van der Waals surface area contributed by atoms with Crippen molar-refractivity contribution in [1.82, 2.24) is 5.32 Å². The maximum Gasteiger partial charge on any atom is 0.323 e. The molecule has 0 saturated carbocycles. The summed E-state index contributed by atoms with van der Waals surface area (Å²) < 4.78 is 5.77. The molecular weight excluding hydrogens is 414 g/mol. The van der Waals surface area contributed by atoms with Crippen LogP contribution in [0.3, 0.4) is 0 Å². The number of benzene rings is 3. The van der Waals surface area contributed by atoms with Gasteiger partial charge in [-0.05, 0) is 53.9 Å². The van der Waals surface area contributed by atoms with E-state index < -0.39 is 0 Å². The number of amides is 3. The summed E-state index contributed by atoms with van der Waals surface area (Å²) >= 11 is 6.15. The molecule has 0 bridgehead atoms. The van der Waals surface area contributed by atoms with E-state index in [4.69, 9.17) is 16.3 Å². The largest absolute Gasteiger partial charge is 0.492 e. The number of urea groups is 1. The van der Waals surface area contributed by atoms with Crippen LogP contribution in [0.5, 0.6) is 5.75 Å². The third kappa shape index (κ3) is 5.35. The molecule has 1 heterocycles. The SMILES string of the molecule is O=C(Nc1ccccc1)Nc1ccc2c(c1)C[C@@H](C(=O)NCc1ccccc1Cl)CO2. The average molecular weight is 436 g/mol. The highest BCUT2D eigenvalue weighted by atomic mass is 35.5. The minimum atomic E-state index is -0.336. The first-order valence-corrected chi connectivity index (χ1v) is 10.4. The van der Waals surface area contributed by atoms with Gasteiger partial charge in [0.1, 0.15) is 12.4 Å². The number of anilines is 2. The zero-order valence-electron chi connectivity index (χ0n) is 16.7. The number of halogens is 1. The molecular formula is C24H22ClN3O3. The van der Waals surface area contributed by atoms with Crippen LogP contribution in [0.4, 0.5) is 16.2 Å². The molecule has 3 amide bonds. The lowest BCUT2D eigenvalue weighted by atomic mass is 9.95. The van der Waals surface area contributed by atoms with Gasteiger partial charge in [0, 0.05) is 22.9 Å². The second kappa shape index (κ2) is 9.53. The highest BCUT2D eigenvalue weighted by Gasteiger charge is 2.26. The van der Waals surface area contributed by atoms with Crippen LogP contribution in [0.1, 0.15) is 11.1 Å². The molecule has 3 aromatic rings. The van der Waals surface area contributed by atoms with Crippen molar-refractivity contribution in [2.45, 2.75) is 13.0 Å². The Labute approximate surface area is 185 Å². The molecule has 158 valence electrons. The van der Waals surface area contributed by atoms with Gasteiger partial charge >= 0.3 is 6.03 Å². The molecule has 1 atom stereocenters. The molecule has 4 rings (SSSR count). The summed E-state index contributed by atoms with van der Waals surface area (Å²) in [6, 6.07) is 21.7. The van der Waals surface area contributed by atoms with E-state index in [2.05, 4.69) is 16.0 Å². The Morgan fingerprint density at radius 2 is 1.68 bits per heavy atom. The minimum Gasteiger partial charge on any atom is -0.492 e. The fourth-order valence-electron chi connectivity index (χ4n) is 3.42. The second-order valence-corrected chi connectivity index (χ2v) is 7.70. The van der Waals surface area contributed by atoms with Crippen molar-refractivity contribution in [2.75, 3.05) is 17.2 Å². The quantitative estimate of drug-likeness (QED) is 0.536. The number of carbonyl (C=O) groups is 2. The van der Waals surface area contributed by atoms with Crippen molar-refractivity contribution in [3.8, 4) is 5.75 Å². The maximum atomic E-state index is 12.6. The first-order valence-electron chi connectivity index (χ1n) is 9.98. The number of hydrogen-bond acceptors (Lipinski definition) is 3. The molecule has 0 aliphatic carbocycles. The van der Waals surface area contributed by atoms with E-state index in [-0.39, 0.29) is 17.9 Å². The molecule has 3 N–H and O–H groups in total. The van der Waals surface area contributed by atoms with Crippen molar-refractivity contribution in [3.63, 3.8) is 0 Å². The molecule has 3 aromatic carbocycles. The topological polar surface area (TPSA) is 79.5 Å². The molecule has 1 aliphatic rings. The third-order valence-electron chi connectivity index (χ3n) is 5.04. The standard InChI is InChI=1S/C24H22ClN3O3/c25-21-9-5-4-6-16(21)14-26-23(29)18-12-17-13-20(10-11-22(17)31-15-18)28-24(30)27-19-7-2-1-3-8-19/h1-11,13,18H,12,14-15H2,(H,26,29)(H2,27,28,30)/t18-/m1/s1. The van der Waals surface area contributed by atoms with Crippen molar-refractivity contribution in [3.05, 3.63) is 88.9 Å². The van der Waals surface area contributed by atoms with Crippen molar-refractivity contribution >= 4 is 34.9 Å². The van der Waals surface area contributed by atoms with Gasteiger partial charge in [-0.15, -0.1) is 0 Å². The number of hydrogen-bond donors (Lipinski definition) is 3. The molecule has 0 saturated heterocycles. The Morgan fingerprint density at radius 1 is 0.935 bits per heavy atom. The number of ether oxygens (including phenoxy) is 1. The van der Waals surface area contributed by atoms with Gasteiger partial charge in [0.2, 0.25) is 5.91 Å². The molecule has 0 fully saturated rings. The van der Waals surface area contributed by atoms with Gasteiger partial charge in [-0.25, -0.2) is 4.79 Å². The van der Waals surface area contributed by atoms with E-state index in [0.29, 0.717) is 36.0 Å². The number of fused-ring (bicyclic) bond motifs is 1. The van der Waals surface area contributed by atoms with E-state index in [0.717, 1.165) is 16.9 Å². The van der Waals surface area contributed by atoms with Gasteiger partial charge in [0.25, 0.3) is 0 Å². The molecule has 31 heavy (non-hydrogen) atoms. The van der Waals surface area contributed by atoms with Crippen LogP contribution >= 0.6 is 11.6 Å². The Kier molecular flexibility index (Phi) is 6.38. The number of nitrogens with one attached hydrogen (secondary N) is 3. The summed E-state index contributed by atoms with van der Waals surface area (Å²) in [5.41, 5.74) is 3.08. The predicted molar refractivity (Wildman–Crippen MR) is 122 cm³/mol. The van der Waals surface area contributed by atoms with Crippen LogP contribution in [0, 0.1) is 5.92 Å². The summed E-state index contributed by atoms with van der Waals surface area (Å²) in [4.78, 5) is 24.9. The number of carbonyl (C=O) groups excluding carboxylic acids is 2. The Bertz CT molecular complexity index is 1090. The van der Waals surface area contributed by atoms with Gasteiger partial charge in [-0.1, -0.05) is 48.0 Å². The number of rotatable bonds is 5.